The van der Waals surface area contributed by atoms with Gasteiger partial charge in [-0.2, -0.15) is 10.4 Å². The fourth-order valence-corrected chi connectivity index (χ4v) is 4.55. The Morgan fingerprint density at radius 1 is 1.06 bits per heavy atom. The summed E-state index contributed by atoms with van der Waals surface area (Å²) in [4.78, 5) is 2.02. The Kier molecular flexibility index (Phi) is 6.21. The normalized spacial score (nSPS) is 11.1. The molecule has 4 rings (SSSR count). The summed E-state index contributed by atoms with van der Waals surface area (Å²) in [6.07, 6.45) is 0. The van der Waals surface area contributed by atoms with Gasteiger partial charge in [0.15, 0.2) is 0 Å². The average Bonchev–Trinajstić information content (AvgIpc) is 3.12. The van der Waals surface area contributed by atoms with Gasteiger partial charge in [-0.25, -0.2) is 4.52 Å². The number of hydrogen-bond donors (Lipinski definition) is 0. The molecule has 0 fully saturated rings. The van der Waals surface area contributed by atoms with E-state index in [2.05, 4.69) is 38.6 Å². The molecule has 0 atom stereocenters. The van der Waals surface area contributed by atoms with E-state index >= 15 is 0 Å². The first-order chi connectivity index (χ1) is 15.7. The fourth-order valence-electron chi connectivity index (χ4n) is 4.03. The fraction of sp³-hybridized carbons (Fsp3) is 0.185. The molecule has 0 radical (unpaired) electrons. The summed E-state index contributed by atoms with van der Waals surface area (Å²) in [7, 11) is 1.97. The number of anilines is 1. The zero-order valence-electron chi connectivity index (χ0n) is 19.0. The summed E-state index contributed by atoms with van der Waals surface area (Å²) in [5.74, 6) is 0.246. The Bertz CT molecular complexity index is 1390. The zero-order chi connectivity index (χ0) is 23.9. The minimum absolute atomic E-state index is 0.246. The number of rotatable bonds is 5. The Hall–Kier alpha value is -3.26. The highest BCUT2D eigenvalue weighted by Gasteiger charge is 2.19. The van der Waals surface area contributed by atoms with Crippen LogP contribution in [0.15, 0.2) is 61.2 Å². The zero-order valence-corrected chi connectivity index (χ0v) is 20.5. The van der Waals surface area contributed by atoms with Crippen molar-refractivity contribution < 1.29 is 0 Å². The van der Waals surface area contributed by atoms with E-state index in [4.69, 9.17) is 33.6 Å². The van der Waals surface area contributed by atoms with Crippen molar-refractivity contribution in [1.29, 1.82) is 5.26 Å². The number of halogens is 2. The molecular weight excluding hydrogens is 451 g/mol. The molecule has 0 N–H and O–H groups in total. The molecule has 33 heavy (non-hydrogen) atoms. The summed E-state index contributed by atoms with van der Waals surface area (Å²) in [6, 6.07) is 19.4. The van der Waals surface area contributed by atoms with Gasteiger partial charge in [-0.1, -0.05) is 43.6 Å². The molecule has 0 aliphatic rings. The van der Waals surface area contributed by atoms with Crippen LogP contribution in [0.1, 0.15) is 42.3 Å². The molecule has 0 spiro atoms. The van der Waals surface area contributed by atoms with Crippen molar-refractivity contribution in [1.82, 2.24) is 9.61 Å². The highest BCUT2D eigenvalue weighted by atomic mass is 35.5. The molecule has 2 aromatic heterocycles. The van der Waals surface area contributed by atoms with Gasteiger partial charge < -0.3 is 4.90 Å². The SMILES string of the molecule is C=C(c1cc(C(C)C)n2nc(C)c(-c3cc(Cl)cc(Cl)c3)c2c1)N(C)c1ccc(C#N)cc1. The number of nitriles is 1. The van der Waals surface area contributed by atoms with Crippen molar-refractivity contribution in [3.63, 3.8) is 0 Å². The first-order valence-corrected chi connectivity index (χ1v) is 11.4. The van der Waals surface area contributed by atoms with E-state index in [1.54, 1.807) is 6.07 Å². The van der Waals surface area contributed by atoms with Gasteiger partial charge in [0.1, 0.15) is 0 Å². The van der Waals surface area contributed by atoms with Crippen molar-refractivity contribution in [3.05, 3.63) is 93.7 Å². The second-order valence-corrected chi connectivity index (χ2v) is 9.28. The molecule has 4 nitrogen and oxygen atoms in total. The van der Waals surface area contributed by atoms with E-state index in [1.807, 2.05) is 59.8 Å². The lowest BCUT2D eigenvalue weighted by Crippen LogP contribution is -2.15. The van der Waals surface area contributed by atoms with Crippen LogP contribution in [0.5, 0.6) is 0 Å². The summed E-state index contributed by atoms with van der Waals surface area (Å²) in [5.41, 5.74) is 8.30. The molecule has 4 aromatic rings. The maximum absolute atomic E-state index is 9.09. The van der Waals surface area contributed by atoms with Gasteiger partial charge in [0.2, 0.25) is 0 Å². The van der Waals surface area contributed by atoms with Crippen LogP contribution in [0.4, 0.5) is 5.69 Å². The molecule has 0 unspecified atom stereocenters. The highest BCUT2D eigenvalue weighted by Crippen LogP contribution is 2.36. The largest absolute Gasteiger partial charge is 0.345 e. The van der Waals surface area contributed by atoms with Crippen LogP contribution in [-0.2, 0) is 0 Å². The van der Waals surface area contributed by atoms with Gasteiger partial charge >= 0.3 is 0 Å². The molecule has 0 bridgehead atoms. The number of benzene rings is 2. The van der Waals surface area contributed by atoms with Crippen LogP contribution in [0, 0.1) is 18.3 Å². The molecule has 0 amide bonds. The van der Waals surface area contributed by atoms with Crippen LogP contribution >= 0.6 is 23.2 Å². The third kappa shape index (κ3) is 4.35. The standard InChI is InChI=1S/C27H24Cl2N4/c1-16(2)25-12-20(18(4)32(5)24-8-6-19(15-30)7-9-24)13-26-27(17(3)31-33(25)26)21-10-22(28)14-23(29)11-21/h6-14,16H,4H2,1-3,5H3. The van der Waals surface area contributed by atoms with Crippen molar-refractivity contribution in [2.24, 2.45) is 0 Å². The number of fused-ring (bicyclic) bond motifs is 1. The number of aryl methyl sites for hydroxylation is 1. The molecule has 2 heterocycles. The predicted octanol–water partition coefficient (Wildman–Crippen LogP) is 7.72. The van der Waals surface area contributed by atoms with Gasteiger partial charge in [0.25, 0.3) is 0 Å². The van der Waals surface area contributed by atoms with Gasteiger partial charge in [0.05, 0.1) is 22.8 Å². The van der Waals surface area contributed by atoms with E-state index in [1.165, 1.54) is 0 Å². The summed E-state index contributed by atoms with van der Waals surface area (Å²) < 4.78 is 2.00. The second-order valence-electron chi connectivity index (χ2n) is 8.40. The minimum atomic E-state index is 0.246. The van der Waals surface area contributed by atoms with Crippen LogP contribution in [-0.4, -0.2) is 16.7 Å². The maximum atomic E-state index is 9.09. The third-order valence-corrected chi connectivity index (χ3v) is 6.24. The molecule has 2 aromatic carbocycles. The lowest BCUT2D eigenvalue weighted by atomic mass is 10.0. The van der Waals surface area contributed by atoms with E-state index < -0.39 is 0 Å². The van der Waals surface area contributed by atoms with Crippen molar-refractivity contribution in [2.75, 3.05) is 11.9 Å². The quantitative estimate of drug-likeness (QED) is 0.297. The van der Waals surface area contributed by atoms with Crippen LogP contribution in [0.2, 0.25) is 10.0 Å². The highest BCUT2D eigenvalue weighted by molar-refractivity contribution is 6.35. The number of hydrogen-bond acceptors (Lipinski definition) is 3. The first-order valence-electron chi connectivity index (χ1n) is 10.6. The summed E-state index contributed by atoms with van der Waals surface area (Å²) in [5, 5.41) is 15.1. The van der Waals surface area contributed by atoms with Gasteiger partial charge in [0, 0.05) is 45.3 Å². The second kappa shape index (κ2) is 8.94. The van der Waals surface area contributed by atoms with Crippen molar-refractivity contribution in [2.45, 2.75) is 26.7 Å². The lowest BCUT2D eigenvalue weighted by Gasteiger charge is -2.23. The molecule has 0 saturated carbocycles. The molecule has 0 aliphatic heterocycles. The summed E-state index contributed by atoms with van der Waals surface area (Å²) >= 11 is 12.6. The minimum Gasteiger partial charge on any atom is -0.345 e. The van der Waals surface area contributed by atoms with Crippen molar-refractivity contribution >= 4 is 40.1 Å². The molecule has 166 valence electrons. The van der Waals surface area contributed by atoms with E-state index in [-0.39, 0.29) is 5.92 Å². The first kappa shape index (κ1) is 22.9. The average molecular weight is 475 g/mol. The van der Waals surface area contributed by atoms with E-state index in [0.29, 0.717) is 15.6 Å². The van der Waals surface area contributed by atoms with Crippen LogP contribution < -0.4 is 4.90 Å². The van der Waals surface area contributed by atoms with Gasteiger partial charge in [-0.05, 0) is 73.0 Å². The number of aromatic nitrogens is 2. The number of nitrogens with zero attached hydrogens (tertiary/aromatic N) is 4. The molecule has 0 aliphatic carbocycles. The Balaban J connectivity index is 1.89. The van der Waals surface area contributed by atoms with E-state index in [0.717, 1.165) is 45.0 Å². The topological polar surface area (TPSA) is 44.3 Å². The Morgan fingerprint density at radius 3 is 2.27 bits per heavy atom. The van der Waals surface area contributed by atoms with E-state index in [9.17, 15) is 0 Å². The molecule has 6 heteroatoms. The van der Waals surface area contributed by atoms with Crippen molar-refractivity contribution in [3.8, 4) is 17.2 Å². The Labute approximate surface area is 204 Å². The van der Waals surface area contributed by atoms with Gasteiger partial charge in [-0.3, -0.25) is 0 Å². The van der Waals surface area contributed by atoms with Gasteiger partial charge in [-0.15, -0.1) is 0 Å². The lowest BCUT2D eigenvalue weighted by molar-refractivity contribution is 0.751. The smallest absolute Gasteiger partial charge is 0.0991 e. The molecule has 0 saturated heterocycles. The number of pyridine rings is 1. The third-order valence-electron chi connectivity index (χ3n) is 5.80. The summed E-state index contributed by atoms with van der Waals surface area (Å²) in [6.45, 7) is 10.7. The monoisotopic (exact) mass is 474 g/mol. The van der Waals surface area contributed by atoms with Crippen LogP contribution in [0.25, 0.3) is 22.3 Å². The molecular formula is C27H24Cl2N4. The van der Waals surface area contributed by atoms with Crippen LogP contribution in [0.3, 0.4) is 0 Å². The predicted molar refractivity (Wildman–Crippen MR) is 138 cm³/mol. The maximum Gasteiger partial charge on any atom is 0.0991 e. The Morgan fingerprint density at radius 2 is 1.70 bits per heavy atom.